The van der Waals surface area contributed by atoms with Crippen molar-refractivity contribution in [3.05, 3.63) is 35.4 Å². The molecule has 0 aliphatic rings. The summed E-state index contributed by atoms with van der Waals surface area (Å²) in [5.74, 6) is 0. The van der Waals surface area contributed by atoms with Gasteiger partial charge in [0.2, 0.25) is 5.11 Å². The second-order valence-corrected chi connectivity index (χ2v) is 3.50. The number of nitrogens with one attached hydrogen (secondary N) is 3. The third-order valence-electron chi connectivity index (χ3n) is 2.04. The van der Waals surface area contributed by atoms with Gasteiger partial charge in [-0.3, -0.25) is 0 Å². The highest BCUT2D eigenvalue weighted by Crippen LogP contribution is 2.01. The van der Waals surface area contributed by atoms with E-state index in [9.17, 15) is 0 Å². The van der Waals surface area contributed by atoms with E-state index in [2.05, 4.69) is 47.0 Å². The molecule has 0 unspecified atom stereocenters. The van der Waals surface area contributed by atoms with Gasteiger partial charge in [0.15, 0.2) is 6.21 Å². The lowest BCUT2D eigenvalue weighted by molar-refractivity contribution is -0.500. The Morgan fingerprint density at radius 2 is 2.07 bits per heavy atom. The summed E-state index contributed by atoms with van der Waals surface area (Å²) in [5, 5.41) is 6.28. The van der Waals surface area contributed by atoms with E-state index in [4.69, 9.17) is 12.2 Å². The Morgan fingerprint density at radius 3 is 2.60 bits per heavy atom. The fourth-order valence-electron chi connectivity index (χ4n) is 1.10. The zero-order chi connectivity index (χ0) is 11.1. The second-order valence-electron chi connectivity index (χ2n) is 3.09. The van der Waals surface area contributed by atoms with E-state index in [1.165, 1.54) is 5.56 Å². The number of hydrazone groups is 1. The van der Waals surface area contributed by atoms with E-state index in [1.807, 2.05) is 6.21 Å². The maximum atomic E-state index is 4.91. The van der Waals surface area contributed by atoms with Crippen LogP contribution in [0.1, 0.15) is 18.1 Å². The SMILES string of the molecule is CCc1ccc(C=[NH+]NC(=S)NC)cc1. The fraction of sp³-hybridized carbons (Fsp3) is 0.273. The first-order chi connectivity index (χ1) is 7.26. The summed E-state index contributed by atoms with van der Waals surface area (Å²) in [4.78, 5) is 0. The maximum Gasteiger partial charge on any atom is 0.223 e. The molecule has 0 saturated carbocycles. The Labute approximate surface area is 95.6 Å². The Bertz CT molecular complexity index is 343. The van der Waals surface area contributed by atoms with E-state index in [0.717, 1.165) is 12.0 Å². The Hall–Kier alpha value is -1.42. The predicted octanol–water partition coefficient (Wildman–Crippen LogP) is -0.243. The molecule has 0 aliphatic heterocycles. The highest BCUT2D eigenvalue weighted by atomic mass is 32.1. The van der Waals surface area contributed by atoms with Gasteiger partial charge in [0.05, 0.1) is 0 Å². The number of hydrogen-bond donors (Lipinski definition) is 3. The minimum absolute atomic E-state index is 0.566. The number of hydrazine groups is 1. The first-order valence-corrected chi connectivity index (χ1v) is 5.32. The van der Waals surface area contributed by atoms with E-state index in [-0.39, 0.29) is 0 Å². The molecule has 3 N–H and O–H groups in total. The van der Waals surface area contributed by atoms with Crippen LogP contribution in [0.2, 0.25) is 0 Å². The number of hydrogen-bond acceptors (Lipinski definition) is 1. The van der Waals surface area contributed by atoms with Crippen LogP contribution in [0.4, 0.5) is 0 Å². The topological polar surface area (TPSA) is 38.0 Å². The Morgan fingerprint density at radius 1 is 1.40 bits per heavy atom. The maximum absolute atomic E-state index is 4.91. The average molecular weight is 222 g/mol. The van der Waals surface area contributed by atoms with Crippen LogP contribution in [0.15, 0.2) is 24.3 Å². The van der Waals surface area contributed by atoms with Crippen molar-refractivity contribution < 1.29 is 5.10 Å². The predicted molar refractivity (Wildman–Crippen MR) is 66.7 cm³/mol. The quantitative estimate of drug-likeness (QED) is 0.375. The smallest absolute Gasteiger partial charge is 0.223 e. The highest BCUT2D eigenvalue weighted by molar-refractivity contribution is 7.80. The summed E-state index contributed by atoms with van der Waals surface area (Å²) in [6, 6.07) is 8.36. The van der Waals surface area contributed by atoms with Gasteiger partial charge in [-0.05, 0) is 36.3 Å². The van der Waals surface area contributed by atoms with Gasteiger partial charge in [0.25, 0.3) is 0 Å². The standard InChI is InChI=1S/C11H15N3S/c1-3-9-4-6-10(7-5-9)8-13-14-11(15)12-2/h4-8H,3H2,1-2H3,(H2,12,14,15)/p+1. The van der Waals surface area contributed by atoms with E-state index in [0.29, 0.717) is 5.11 Å². The monoisotopic (exact) mass is 222 g/mol. The Balaban J connectivity index is 2.53. The van der Waals surface area contributed by atoms with Gasteiger partial charge in [0, 0.05) is 12.6 Å². The van der Waals surface area contributed by atoms with E-state index in [1.54, 1.807) is 7.05 Å². The molecule has 0 amide bonds. The lowest BCUT2D eigenvalue weighted by atomic mass is 10.1. The third kappa shape index (κ3) is 4.08. The van der Waals surface area contributed by atoms with Crippen molar-refractivity contribution in [1.29, 1.82) is 0 Å². The van der Waals surface area contributed by atoms with Crippen molar-refractivity contribution in [2.24, 2.45) is 0 Å². The van der Waals surface area contributed by atoms with Crippen LogP contribution < -0.4 is 15.8 Å². The van der Waals surface area contributed by atoms with Gasteiger partial charge in [0.1, 0.15) is 0 Å². The minimum Gasteiger partial charge on any atom is -0.361 e. The molecule has 80 valence electrons. The molecule has 4 heteroatoms. The molecule has 1 rings (SSSR count). The van der Waals surface area contributed by atoms with Gasteiger partial charge in [-0.1, -0.05) is 19.1 Å². The van der Waals surface area contributed by atoms with Crippen molar-refractivity contribution in [3.63, 3.8) is 0 Å². The molecule has 0 aromatic heterocycles. The largest absolute Gasteiger partial charge is 0.361 e. The molecule has 15 heavy (non-hydrogen) atoms. The molecule has 1 aromatic carbocycles. The molecule has 0 radical (unpaired) electrons. The van der Waals surface area contributed by atoms with Gasteiger partial charge >= 0.3 is 0 Å². The Kier molecular flexibility index (Phi) is 4.77. The normalized spacial score (nSPS) is 10.3. The molecule has 0 bridgehead atoms. The van der Waals surface area contributed by atoms with Crippen LogP contribution in [0.25, 0.3) is 0 Å². The molecule has 0 fully saturated rings. The summed E-state index contributed by atoms with van der Waals surface area (Å²) in [6.07, 6.45) is 2.93. The number of benzene rings is 1. The fourth-order valence-corrected chi connectivity index (χ4v) is 1.16. The number of rotatable bonds is 3. The van der Waals surface area contributed by atoms with E-state index < -0.39 is 0 Å². The minimum atomic E-state index is 0.566. The first kappa shape index (κ1) is 11.7. The lowest BCUT2D eigenvalue weighted by Crippen LogP contribution is -2.82. The van der Waals surface area contributed by atoms with Crippen LogP contribution in [-0.2, 0) is 6.42 Å². The van der Waals surface area contributed by atoms with Crippen molar-refractivity contribution in [2.75, 3.05) is 7.05 Å². The molecular formula is C11H16N3S+. The van der Waals surface area contributed by atoms with Crippen LogP contribution in [0.3, 0.4) is 0 Å². The molecule has 3 nitrogen and oxygen atoms in total. The first-order valence-electron chi connectivity index (χ1n) is 4.91. The highest BCUT2D eigenvalue weighted by Gasteiger charge is 1.93. The summed E-state index contributed by atoms with van der Waals surface area (Å²) in [6.45, 7) is 2.14. The van der Waals surface area contributed by atoms with Gasteiger partial charge in [-0.15, -0.1) is 10.5 Å². The number of thiocarbonyl (C=S) groups is 1. The summed E-state index contributed by atoms with van der Waals surface area (Å²) >= 11 is 4.91. The van der Waals surface area contributed by atoms with Crippen LogP contribution in [0, 0.1) is 0 Å². The van der Waals surface area contributed by atoms with E-state index >= 15 is 0 Å². The molecule has 0 spiro atoms. The lowest BCUT2D eigenvalue weighted by Gasteiger charge is -1.96. The van der Waals surface area contributed by atoms with Crippen molar-refractivity contribution in [1.82, 2.24) is 10.7 Å². The average Bonchev–Trinajstić information content (AvgIpc) is 2.29. The van der Waals surface area contributed by atoms with Gasteiger partial charge < -0.3 is 5.32 Å². The number of aryl methyl sites for hydroxylation is 1. The zero-order valence-electron chi connectivity index (χ0n) is 9.00. The van der Waals surface area contributed by atoms with Crippen molar-refractivity contribution in [2.45, 2.75) is 13.3 Å². The third-order valence-corrected chi connectivity index (χ3v) is 2.35. The zero-order valence-corrected chi connectivity index (χ0v) is 9.82. The van der Waals surface area contributed by atoms with Crippen molar-refractivity contribution >= 4 is 23.5 Å². The second kappa shape index (κ2) is 6.14. The summed E-state index contributed by atoms with van der Waals surface area (Å²) in [5.41, 5.74) is 5.27. The van der Waals surface area contributed by atoms with Gasteiger partial charge in [-0.2, -0.15) is 0 Å². The molecule has 0 saturated heterocycles. The summed E-state index contributed by atoms with van der Waals surface area (Å²) in [7, 11) is 1.77. The van der Waals surface area contributed by atoms with Gasteiger partial charge in [-0.25, -0.2) is 0 Å². The molecule has 0 atom stereocenters. The van der Waals surface area contributed by atoms with Crippen molar-refractivity contribution in [3.8, 4) is 0 Å². The van der Waals surface area contributed by atoms with Crippen LogP contribution >= 0.6 is 12.2 Å². The van der Waals surface area contributed by atoms with Crippen LogP contribution in [-0.4, -0.2) is 18.4 Å². The molecular weight excluding hydrogens is 206 g/mol. The molecule has 1 aromatic rings. The summed E-state index contributed by atoms with van der Waals surface area (Å²) < 4.78 is 0. The molecule has 0 heterocycles. The van der Waals surface area contributed by atoms with Crippen LogP contribution in [0.5, 0.6) is 0 Å². The molecule has 0 aliphatic carbocycles.